The van der Waals surface area contributed by atoms with Gasteiger partial charge in [0.15, 0.2) is 11.6 Å². The maximum absolute atomic E-state index is 14.2. The van der Waals surface area contributed by atoms with Crippen molar-refractivity contribution in [2.24, 2.45) is 0 Å². The number of fused-ring (bicyclic) bond motifs is 2. The summed E-state index contributed by atoms with van der Waals surface area (Å²) in [5, 5.41) is 3.18. The lowest BCUT2D eigenvalue weighted by molar-refractivity contribution is -0.189. The van der Waals surface area contributed by atoms with E-state index in [9.17, 15) is 22.4 Å². The molecule has 0 unspecified atom stereocenters. The van der Waals surface area contributed by atoms with Gasteiger partial charge in [0.2, 0.25) is 17.8 Å². The molecule has 0 saturated heterocycles. The zero-order valence-corrected chi connectivity index (χ0v) is 17.8. The van der Waals surface area contributed by atoms with Gasteiger partial charge in [-0.1, -0.05) is 6.07 Å². The number of rotatable bonds is 5. The topological polar surface area (TPSA) is 108 Å². The van der Waals surface area contributed by atoms with E-state index >= 15 is 0 Å². The normalized spacial score (nSPS) is 11.5. The van der Waals surface area contributed by atoms with Crippen LogP contribution < -0.4 is 19.5 Å². The van der Waals surface area contributed by atoms with E-state index in [4.69, 9.17) is 9.47 Å². The quantitative estimate of drug-likeness (QED) is 0.333. The number of para-hydroxylation sites is 1. The van der Waals surface area contributed by atoms with Gasteiger partial charge in [-0.2, -0.15) is 18.2 Å². The van der Waals surface area contributed by atoms with Gasteiger partial charge in [-0.3, -0.25) is 5.32 Å². The van der Waals surface area contributed by atoms with Gasteiger partial charge in [-0.15, -0.1) is 0 Å². The lowest BCUT2D eigenvalue weighted by Gasteiger charge is -2.13. The van der Waals surface area contributed by atoms with Crippen LogP contribution in [0.25, 0.3) is 21.8 Å². The lowest BCUT2D eigenvalue weighted by atomic mass is 10.2. The molecule has 0 radical (unpaired) electrons. The predicted molar refractivity (Wildman–Crippen MR) is 112 cm³/mol. The molecule has 0 amide bonds. The smallest absolute Gasteiger partial charge is 0.491 e. The van der Waals surface area contributed by atoms with Crippen LogP contribution in [0.1, 0.15) is 5.69 Å². The van der Waals surface area contributed by atoms with Gasteiger partial charge < -0.3 is 14.2 Å². The number of anilines is 2. The monoisotopic (exact) mass is 477 g/mol. The second-order valence-electron chi connectivity index (χ2n) is 6.86. The largest absolute Gasteiger partial charge is 0.494 e. The van der Waals surface area contributed by atoms with Crippen LogP contribution in [0.15, 0.2) is 30.3 Å². The Balaban J connectivity index is 1.81. The Morgan fingerprint density at radius 2 is 1.65 bits per heavy atom. The Bertz CT molecular complexity index is 1430. The molecule has 2 heterocycles. The van der Waals surface area contributed by atoms with Gasteiger partial charge in [-0.25, -0.2) is 24.1 Å². The number of methoxy groups -OCH3 is 2. The molecule has 9 nitrogen and oxygen atoms in total. The van der Waals surface area contributed by atoms with E-state index < -0.39 is 23.8 Å². The number of nitrogens with zero attached hydrogens (tertiary/aromatic N) is 4. The average Bonchev–Trinajstić information content (AvgIpc) is 2.77. The zero-order valence-electron chi connectivity index (χ0n) is 17.8. The number of hydrogen-bond acceptors (Lipinski definition) is 9. The number of alkyl halides is 3. The van der Waals surface area contributed by atoms with Crippen LogP contribution in [0.2, 0.25) is 0 Å². The van der Waals surface area contributed by atoms with E-state index in [1.54, 1.807) is 6.92 Å². The maximum Gasteiger partial charge on any atom is 0.491 e. The van der Waals surface area contributed by atoms with E-state index in [1.807, 2.05) is 0 Å². The number of aryl methyl sites for hydroxylation is 1. The molecule has 0 aliphatic heterocycles. The van der Waals surface area contributed by atoms with Crippen LogP contribution in [0.4, 0.5) is 29.5 Å². The minimum absolute atomic E-state index is 0.00674. The molecule has 1 N–H and O–H groups in total. The SMILES string of the molecule is COc1cc2c(C)nc(Nc3nc(OC(=O)C(F)(F)F)c4cccc(OC)c4n3)nc2cc1F. The highest BCUT2D eigenvalue weighted by atomic mass is 19.4. The van der Waals surface area contributed by atoms with Crippen LogP contribution in [-0.2, 0) is 4.79 Å². The molecule has 0 spiro atoms. The first-order valence-corrected chi connectivity index (χ1v) is 9.53. The molecule has 4 aromatic rings. The van der Waals surface area contributed by atoms with Crippen molar-refractivity contribution in [1.82, 2.24) is 19.9 Å². The summed E-state index contributed by atoms with van der Waals surface area (Å²) in [6, 6.07) is 6.95. The number of nitrogens with one attached hydrogen (secondary N) is 1. The molecule has 34 heavy (non-hydrogen) atoms. The molecule has 2 aromatic carbocycles. The van der Waals surface area contributed by atoms with E-state index in [2.05, 4.69) is 30.0 Å². The van der Waals surface area contributed by atoms with Crippen LogP contribution >= 0.6 is 0 Å². The number of halogens is 4. The fraction of sp³-hybridized carbons (Fsp3) is 0.190. The van der Waals surface area contributed by atoms with Gasteiger partial charge in [0, 0.05) is 11.5 Å². The Kier molecular flexibility index (Phi) is 5.77. The van der Waals surface area contributed by atoms with Gasteiger partial charge in [0.25, 0.3) is 0 Å². The molecule has 0 aliphatic rings. The number of hydrogen-bond donors (Lipinski definition) is 1. The first-order chi connectivity index (χ1) is 16.1. The molecular formula is C21H15F4N5O4. The summed E-state index contributed by atoms with van der Waals surface area (Å²) in [6.45, 7) is 1.65. The summed E-state index contributed by atoms with van der Waals surface area (Å²) in [4.78, 5) is 28.0. The molecule has 0 atom stereocenters. The number of carbonyl (C=O) groups excluding carboxylic acids is 1. The minimum atomic E-state index is -5.24. The first-order valence-electron chi connectivity index (χ1n) is 9.53. The van der Waals surface area contributed by atoms with Crippen molar-refractivity contribution in [2.75, 3.05) is 19.5 Å². The van der Waals surface area contributed by atoms with Gasteiger partial charge in [0.05, 0.1) is 30.8 Å². The van der Waals surface area contributed by atoms with E-state index in [1.165, 1.54) is 38.5 Å². The molecule has 2 aromatic heterocycles. The standard InChI is InChI=1S/C21H15F4N5O4/c1-9-11-7-15(33-3)12(22)8-13(11)27-19(26-9)30-20-28-16-10(5-4-6-14(16)32-2)17(29-20)34-18(31)21(23,24)25/h4-8H,1-3H3,(H,26,27,28,29,30). The van der Waals surface area contributed by atoms with Crippen molar-refractivity contribution in [2.45, 2.75) is 13.1 Å². The second kappa shape index (κ2) is 8.57. The highest BCUT2D eigenvalue weighted by molar-refractivity contribution is 5.92. The lowest BCUT2D eigenvalue weighted by Crippen LogP contribution is -2.28. The highest BCUT2D eigenvalue weighted by Gasteiger charge is 2.42. The molecule has 0 saturated carbocycles. The molecule has 13 heteroatoms. The van der Waals surface area contributed by atoms with Crippen molar-refractivity contribution < 1.29 is 36.6 Å². The van der Waals surface area contributed by atoms with Gasteiger partial charge in [0.1, 0.15) is 11.3 Å². The summed E-state index contributed by atoms with van der Waals surface area (Å²) in [5.74, 6) is -3.90. The summed E-state index contributed by atoms with van der Waals surface area (Å²) >= 11 is 0. The second-order valence-corrected chi connectivity index (χ2v) is 6.86. The van der Waals surface area contributed by atoms with E-state index in [-0.39, 0.29) is 39.8 Å². The van der Waals surface area contributed by atoms with Crippen LogP contribution in [-0.4, -0.2) is 46.3 Å². The molecule has 176 valence electrons. The molecule has 0 fully saturated rings. The maximum atomic E-state index is 14.2. The molecule has 4 rings (SSSR count). The van der Waals surface area contributed by atoms with Crippen LogP contribution in [0, 0.1) is 12.7 Å². The third-order valence-electron chi connectivity index (χ3n) is 4.68. The van der Waals surface area contributed by atoms with Crippen LogP contribution in [0.3, 0.4) is 0 Å². The predicted octanol–water partition coefficient (Wildman–Crippen LogP) is 4.25. The summed E-state index contributed by atoms with van der Waals surface area (Å²) in [6.07, 6.45) is -5.24. The van der Waals surface area contributed by atoms with Crippen molar-refractivity contribution in [1.29, 1.82) is 0 Å². The Labute approximate surface area is 188 Å². The number of carbonyl (C=O) groups is 1. The van der Waals surface area contributed by atoms with E-state index in [0.29, 0.717) is 11.1 Å². The van der Waals surface area contributed by atoms with Crippen molar-refractivity contribution in [3.8, 4) is 17.4 Å². The third-order valence-corrected chi connectivity index (χ3v) is 4.68. The summed E-state index contributed by atoms with van der Waals surface area (Å²) < 4.78 is 67.2. The van der Waals surface area contributed by atoms with Crippen molar-refractivity contribution in [3.05, 3.63) is 41.8 Å². The molecule has 0 bridgehead atoms. The van der Waals surface area contributed by atoms with Crippen molar-refractivity contribution in [3.63, 3.8) is 0 Å². The van der Waals surface area contributed by atoms with Gasteiger partial charge >= 0.3 is 12.1 Å². The zero-order chi connectivity index (χ0) is 24.6. The van der Waals surface area contributed by atoms with Crippen molar-refractivity contribution >= 4 is 39.7 Å². The molecule has 0 aliphatic carbocycles. The number of benzene rings is 2. The summed E-state index contributed by atoms with van der Waals surface area (Å²) in [5.41, 5.74) is 0.754. The number of esters is 1. The highest BCUT2D eigenvalue weighted by Crippen LogP contribution is 2.33. The van der Waals surface area contributed by atoms with E-state index in [0.717, 1.165) is 6.07 Å². The Morgan fingerprint density at radius 3 is 2.32 bits per heavy atom. The minimum Gasteiger partial charge on any atom is -0.494 e. The van der Waals surface area contributed by atoms with Gasteiger partial charge in [-0.05, 0) is 25.1 Å². The molecular weight excluding hydrogens is 462 g/mol. The third kappa shape index (κ3) is 4.31. The average molecular weight is 477 g/mol. The Hall–Kier alpha value is -4.29. The first kappa shape index (κ1) is 22.9. The van der Waals surface area contributed by atoms with Crippen LogP contribution in [0.5, 0.6) is 17.4 Å². The Morgan fingerprint density at radius 1 is 0.941 bits per heavy atom. The number of aromatic nitrogens is 4. The number of ether oxygens (including phenoxy) is 3. The summed E-state index contributed by atoms with van der Waals surface area (Å²) in [7, 11) is 2.66. The fourth-order valence-electron chi connectivity index (χ4n) is 3.14. The fourth-order valence-corrected chi connectivity index (χ4v) is 3.14.